The van der Waals surface area contributed by atoms with Gasteiger partial charge in [-0.25, -0.2) is 4.98 Å². The highest BCUT2D eigenvalue weighted by Crippen LogP contribution is 2.37. The van der Waals surface area contributed by atoms with Gasteiger partial charge in [-0.2, -0.15) is 0 Å². The molecule has 140 valence electrons. The van der Waals surface area contributed by atoms with Gasteiger partial charge < -0.3 is 4.57 Å². The second-order valence-electron chi connectivity index (χ2n) is 5.83. The van der Waals surface area contributed by atoms with Crippen molar-refractivity contribution in [2.75, 3.05) is 0 Å². The van der Waals surface area contributed by atoms with Crippen molar-refractivity contribution in [2.45, 2.75) is 18.2 Å². The Morgan fingerprint density at radius 1 is 1.04 bits per heavy atom. The Labute approximate surface area is 181 Å². The summed E-state index contributed by atoms with van der Waals surface area (Å²) in [5.41, 5.74) is 1.66. The molecule has 0 N–H and O–H groups in total. The Morgan fingerprint density at radius 2 is 1.85 bits per heavy atom. The van der Waals surface area contributed by atoms with Gasteiger partial charge >= 0.3 is 0 Å². The van der Waals surface area contributed by atoms with Crippen LogP contribution in [0.25, 0.3) is 0 Å². The lowest BCUT2D eigenvalue weighted by molar-refractivity contribution is -0.110. The van der Waals surface area contributed by atoms with E-state index in [0.29, 0.717) is 26.6 Å². The number of thioether (sulfide) groups is 1. The molecule has 1 aromatic heterocycles. The van der Waals surface area contributed by atoms with Gasteiger partial charge in [-0.1, -0.05) is 70.3 Å². The zero-order chi connectivity index (χ0) is 19.4. The zero-order valence-corrected chi connectivity index (χ0v) is 17.8. The van der Waals surface area contributed by atoms with Crippen LogP contribution in [-0.2, 0) is 17.8 Å². The van der Waals surface area contributed by atoms with E-state index in [0.717, 1.165) is 11.1 Å². The van der Waals surface area contributed by atoms with Crippen molar-refractivity contribution in [3.05, 3.63) is 86.3 Å². The third kappa shape index (κ3) is 5.66. The minimum Gasteiger partial charge on any atom is -0.336 e. The fourth-order valence-corrected chi connectivity index (χ4v) is 4.64. The summed E-state index contributed by atoms with van der Waals surface area (Å²) in [5, 5.41) is 1.80. The van der Waals surface area contributed by atoms with Crippen LogP contribution in [0.5, 0.6) is 0 Å². The van der Waals surface area contributed by atoms with Crippen molar-refractivity contribution in [3.8, 4) is 0 Å². The fourth-order valence-electron chi connectivity index (χ4n) is 2.56. The lowest BCUT2D eigenvalue weighted by atomic mass is 10.1. The first-order valence-electron chi connectivity index (χ1n) is 7.96. The van der Waals surface area contributed by atoms with Crippen molar-refractivity contribution in [1.29, 1.82) is 0 Å². The molecular weight excluding hydrogens is 446 g/mol. The van der Waals surface area contributed by atoms with Gasteiger partial charge in [0.15, 0.2) is 5.12 Å². The highest BCUT2D eigenvalue weighted by molar-refractivity contribution is 8.13. The van der Waals surface area contributed by atoms with Crippen LogP contribution >= 0.6 is 58.2 Å². The average molecular weight is 460 g/mol. The standard InChI is InChI=1S/C19H14Cl4N2OS/c20-13-2-3-14(16(22)9-13)18(10-25-6-5-24-11-25)27-19(26)8-12-1-4-15(21)17(23)7-12/h1-7,9,11,18H,8,10H2. The third-order valence-corrected chi connectivity index (χ3v) is 6.25. The molecular formula is C19H14Cl4N2OS. The van der Waals surface area contributed by atoms with Crippen LogP contribution in [0.4, 0.5) is 0 Å². The van der Waals surface area contributed by atoms with Gasteiger partial charge in [0, 0.05) is 35.4 Å². The number of benzene rings is 2. The maximum absolute atomic E-state index is 12.7. The first kappa shape index (κ1) is 20.6. The molecule has 0 aliphatic rings. The van der Waals surface area contributed by atoms with Gasteiger partial charge in [-0.3, -0.25) is 4.79 Å². The number of carbonyl (C=O) groups excluding carboxylic acids is 1. The smallest absolute Gasteiger partial charge is 0.193 e. The van der Waals surface area contributed by atoms with E-state index in [1.165, 1.54) is 11.8 Å². The molecule has 27 heavy (non-hydrogen) atoms. The molecule has 8 heteroatoms. The molecule has 2 aromatic carbocycles. The third-order valence-electron chi connectivity index (χ3n) is 3.85. The number of rotatable bonds is 6. The van der Waals surface area contributed by atoms with Gasteiger partial charge in [0.05, 0.1) is 21.6 Å². The van der Waals surface area contributed by atoms with Gasteiger partial charge in [-0.15, -0.1) is 0 Å². The summed E-state index contributed by atoms with van der Waals surface area (Å²) >= 11 is 25.6. The fraction of sp³-hybridized carbons (Fsp3) is 0.158. The second-order valence-corrected chi connectivity index (χ2v) is 8.75. The Bertz CT molecular complexity index is 947. The molecule has 0 saturated heterocycles. The van der Waals surface area contributed by atoms with Gasteiger partial charge in [0.2, 0.25) is 0 Å². The average Bonchev–Trinajstić information content (AvgIpc) is 3.11. The zero-order valence-electron chi connectivity index (χ0n) is 13.9. The number of carbonyl (C=O) groups is 1. The minimum absolute atomic E-state index is 0.00419. The Kier molecular flexibility index (Phi) is 7.12. The molecule has 0 aliphatic heterocycles. The molecule has 0 amide bonds. The number of halogens is 4. The summed E-state index contributed by atoms with van der Waals surface area (Å²) in [6, 6.07) is 10.5. The largest absolute Gasteiger partial charge is 0.336 e. The van der Waals surface area contributed by atoms with Gasteiger partial charge in [0.25, 0.3) is 0 Å². The quantitative estimate of drug-likeness (QED) is 0.409. The predicted molar refractivity (Wildman–Crippen MR) is 114 cm³/mol. The maximum atomic E-state index is 12.7. The van der Waals surface area contributed by atoms with Crippen LogP contribution in [0.15, 0.2) is 55.1 Å². The van der Waals surface area contributed by atoms with Crippen molar-refractivity contribution in [3.63, 3.8) is 0 Å². The molecule has 1 atom stereocenters. The highest BCUT2D eigenvalue weighted by atomic mass is 35.5. The molecule has 3 rings (SSSR count). The van der Waals surface area contributed by atoms with Crippen LogP contribution in [0.3, 0.4) is 0 Å². The summed E-state index contributed by atoms with van der Waals surface area (Å²) in [6.07, 6.45) is 5.50. The Hall–Kier alpha value is -1.17. The summed E-state index contributed by atoms with van der Waals surface area (Å²) in [4.78, 5) is 16.7. The predicted octanol–water partition coefficient (Wildman–Crippen LogP) is 6.74. The number of aromatic nitrogens is 2. The van der Waals surface area contributed by atoms with Crippen molar-refractivity contribution in [1.82, 2.24) is 9.55 Å². The van der Waals surface area contributed by atoms with Gasteiger partial charge in [-0.05, 0) is 35.4 Å². The van der Waals surface area contributed by atoms with Crippen molar-refractivity contribution in [2.24, 2.45) is 0 Å². The monoisotopic (exact) mass is 458 g/mol. The number of hydrogen-bond donors (Lipinski definition) is 0. The first-order chi connectivity index (χ1) is 12.9. The van der Waals surface area contributed by atoms with E-state index in [9.17, 15) is 4.79 Å². The Morgan fingerprint density at radius 3 is 2.52 bits per heavy atom. The molecule has 1 heterocycles. The Balaban J connectivity index is 1.79. The molecule has 0 radical (unpaired) electrons. The summed E-state index contributed by atoms with van der Waals surface area (Å²) < 4.78 is 1.91. The molecule has 3 aromatic rings. The SMILES string of the molecule is O=C(Cc1ccc(Cl)c(Cl)c1)SC(Cn1ccnc1)c1ccc(Cl)cc1Cl. The molecule has 0 fully saturated rings. The summed E-state index contributed by atoms with van der Waals surface area (Å²) in [7, 11) is 0. The van der Waals surface area contributed by atoms with E-state index in [1.807, 2.05) is 16.8 Å². The number of nitrogens with zero attached hydrogens (tertiary/aromatic N) is 2. The molecule has 3 nitrogen and oxygen atoms in total. The molecule has 0 aliphatic carbocycles. The number of hydrogen-bond acceptors (Lipinski definition) is 3. The van der Waals surface area contributed by atoms with Crippen LogP contribution < -0.4 is 0 Å². The van der Waals surface area contributed by atoms with Crippen LogP contribution in [0, 0.1) is 0 Å². The lowest BCUT2D eigenvalue weighted by Gasteiger charge is -2.18. The summed E-state index contributed by atoms with van der Waals surface area (Å²) in [6.45, 7) is 0.555. The first-order valence-corrected chi connectivity index (χ1v) is 10.4. The maximum Gasteiger partial charge on any atom is 0.193 e. The van der Waals surface area contributed by atoms with Crippen LogP contribution in [-0.4, -0.2) is 14.7 Å². The minimum atomic E-state index is -0.181. The van der Waals surface area contributed by atoms with Crippen molar-refractivity contribution >= 4 is 63.3 Å². The van der Waals surface area contributed by atoms with Crippen molar-refractivity contribution < 1.29 is 4.79 Å². The molecule has 0 bridgehead atoms. The van der Waals surface area contributed by atoms with E-state index < -0.39 is 0 Å². The van der Waals surface area contributed by atoms with E-state index in [2.05, 4.69) is 4.98 Å². The van der Waals surface area contributed by atoms with E-state index in [4.69, 9.17) is 46.4 Å². The lowest BCUT2D eigenvalue weighted by Crippen LogP contribution is -2.10. The number of imidazole rings is 1. The van der Waals surface area contributed by atoms with Gasteiger partial charge in [0.1, 0.15) is 0 Å². The normalized spacial score (nSPS) is 12.1. The second kappa shape index (κ2) is 9.35. The highest BCUT2D eigenvalue weighted by Gasteiger charge is 2.21. The van der Waals surface area contributed by atoms with E-state index in [-0.39, 0.29) is 16.8 Å². The molecule has 0 spiro atoms. The van der Waals surface area contributed by atoms with E-state index in [1.54, 1.807) is 42.9 Å². The van der Waals surface area contributed by atoms with E-state index >= 15 is 0 Å². The molecule has 1 unspecified atom stereocenters. The molecule has 0 saturated carbocycles. The van der Waals surface area contributed by atoms with Crippen LogP contribution in [0.1, 0.15) is 16.4 Å². The summed E-state index contributed by atoms with van der Waals surface area (Å²) in [5.74, 6) is 0. The topological polar surface area (TPSA) is 34.9 Å². The van der Waals surface area contributed by atoms with Crippen LogP contribution in [0.2, 0.25) is 20.1 Å².